The van der Waals surface area contributed by atoms with Crippen LogP contribution in [0.25, 0.3) is 21.3 Å². The van der Waals surface area contributed by atoms with Gasteiger partial charge in [-0.05, 0) is 23.6 Å². The molecular weight excluding hydrogens is 402 g/mol. The zero-order valence-electron chi connectivity index (χ0n) is 14.1. The molecule has 3 heterocycles. The second kappa shape index (κ2) is 8.03. The van der Waals surface area contributed by atoms with Crippen molar-refractivity contribution in [3.63, 3.8) is 0 Å². The number of thiophene rings is 1. The van der Waals surface area contributed by atoms with Crippen LogP contribution >= 0.6 is 34.4 Å². The van der Waals surface area contributed by atoms with Crippen LogP contribution in [0.4, 0.5) is 0 Å². The Morgan fingerprint density at radius 2 is 2.04 bits per heavy atom. The fourth-order valence-corrected chi connectivity index (χ4v) is 4.51. The van der Waals surface area contributed by atoms with Crippen molar-refractivity contribution in [3.05, 3.63) is 58.4 Å². The Kier molecular flexibility index (Phi) is 5.33. The Labute approximate surface area is 167 Å². The second-order valence-corrected chi connectivity index (χ2v) is 8.08. The molecule has 0 saturated heterocycles. The summed E-state index contributed by atoms with van der Waals surface area (Å²) in [6.07, 6.45) is 0. The maximum Gasteiger partial charge on any atom is 0.337 e. The zero-order chi connectivity index (χ0) is 18.6. The molecule has 0 atom stereocenters. The standard InChI is InChI=1S/C18H13N3O3S3/c1-23-17(22)12-6-4-11(5-7-12)16-19-13(9-26-16)10-27-18-21-20-15(24-18)14-3-2-8-25-14/h2-9H,10H2,1H3. The minimum absolute atomic E-state index is 0.348. The first kappa shape index (κ1) is 17.9. The summed E-state index contributed by atoms with van der Waals surface area (Å²) < 4.78 is 10.4. The number of nitrogens with zero attached hydrogens (tertiary/aromatic N) is 3. The number of hydrogen-bond donors (Lipinski definition) is 0. The largest absolute Gasteiger partial charge is 0.465 e. The van der Waals surface area contributed by atoms with Crippen molar-refractivity contribution in [2.45, 2.75) is 11.0 Å². The van der Waals surface area contributed by atoms with E-state index in [0.717, 1.165) is 21.1 Å². The van der Waals surface area contributed by atoms with Crippen molar-refractivity contribution < 1.29 is 13.9 Å². The topological polar surface area (TPSA) is 78.1 Å². The summed E-state index contributed by atoms with van der Waals surface area (Å²) in [4.78, 5) is 17.1. The summed E-state index contributed by atoms with van der Waals surface area (Å²) in [7, 11) is 1.37. The lowest BCUT2D eigenvalue weighted by Gasteiger charge is -2.00. The maximum absolute atomic E-state index is 11.5. The van der Waals surface area contributed by atoms with Crippen LogP contribution in [0.5, 0.6) is 0 Å². The number of rotatable bonds is 6. The summed E-state index contributed by atoms with van der Waals surface area (Å²) in [5, 5.41) is 13.5. The van der Waals surface area contributed by atoms with E-state index in [9.17, 15) is 4.79 Å². The van der Waals surface area contributed by atoms with Crippen LogP contribution in [0.3, 0.4) is 0 Å². The minimum atomic E-state index is -0.348. The van der Waals surface area contributed by atoms with Gasteiger partial charge in [-0.1, -0.05) is 30.0 Å². The van der Waals surface area contributed by atoms with Crippen molar-refractivity contribution >= 4 is 40.4 Å². The molecule has 4 aromatic rings. The lowest BCUT2D eigenvalue weighted by atomic mass is 10.1. The van der Waals surface area contributed by atoms with Gasteiger partial charge in [0.15, 0.2) is 0 Å². The second-order valence-electron chi connectivity index (χ2n) is 5.35. The molecule has 9 heteroatoms. The molecular formula is C18H13N3O3S3. The summed E-state index contributed by atoms with van der Waals surface area (Å²) >= 11 is 4.58. The van der Waals surface area contributed by atoms with Crippen LogP contribution in [-0.2, 0) is 10.5 Å². The molecule has 0 radical (unpaired) electrons. The number of carbonyl (C=O) groups is 1. The number of methoxy groups -OCH3 is 1. The Morgan fingerprint density at radius 1 is 1.19 bits per heavy atom. The van der Waals surface area contributed by atoms with Crippen LogP contribution in [0.1, 0.15) is 16.1 Å². The molecule has 0 spiro atoms. The third kappa shape index (κ3) is 4.10. The van der Waals surface area contributed by atoms with Gasteiger partial charge in [-0.2, -0.15) is 0 Å². The monoisotopic (exact) mass is 415 g/mol. The fraction of sp³-hybridized carbons (Fsp3) is 0.111. The Bertz CT molecular complexity index is 1040. The molecule has 136 valence electrons. The van der Waals surface area contributed by atoms with Crippen LogP contribution in [0.15, 0.2) is 56.8 Å². The molecule has 6 nitrogen and oxygen atoms in total. The molecule has 0 fully saturated rings. The predicted molar refractivity (Wildman–Crippen MR) is 106 cm³/mol. The Hall–Kier alpha value is -2.49. The number of hydrogen-bond acceptors (Lipinski definition) is 9. The molecule has 1 aromatic carbocycles. The van der Waals surface area contributed by atoms with E-state index >= 15 is 0 Å². The van der Waals surface area contributed by atoms with Crippen LogP contribution < -0.4 is 0 Å². The molecule has 0 aliphatic rings. The van der Waals surface area contributed by atoms with Crippen molar-refractivity contribution in [3.8, 4) is 21.3 Å². The lowest BCUT2D eigenvalue weighted by molar-refractivity contribution is 0.0601. The molecule has 4 rings (SSSR count). The van der Waals surface area contributed by atoms with Gasteiger partial charge in [0.2, 0.25) is 0 Å². The van der Waals surface area contributed by atoms with Crippen LogP contribution in [0.2, 0.25) is 0 Å². The number of esters is 1. The summed E-state index contributed by atoms with van der Waals surface area (Å²) in [6, 6.07) is 11.1. The van der Waals surface area contributed by atoms with Gasteiger partial charge in [0.1, 0.15) is 5.01 Å². The van der Waals surface area contributed by atoms with Gasteiger partial charge < -0.3 is 9.15 Å². The Morgan fingerprint density at radius 3 is 2.78 bits per heavy atom. The van der Waals surface area contributed by atoms with Gasteiger partial charge in [-0.3, -0.25) is 0 Å². The van der Waals surface area contributed by atoms with Crippen molar-refractivity contribution in [1.82, 2.24) is 15.2 Å². The van der Waals surface area contributed by atoms with E-state index in [4.69, 9.17) is 9.15 Å². The summed E-state index contributed by atoms with van der Waals surface area (Å²) in [6.45, 7) is 0. The Balaban J connectivity index is 1.40. The van der Waals surface area contributed by atoms with E-state index < -0.39 is 0 Å². The molecule has 0 saturated carbocycles. The number of thiazole rings is 1. The van der Waals surface area contributed by atoms with E-state index in [1.807, 2.05) is 35.0 Å². The SMILES string of the molecule is COC(=O)c1ccc(-c2nc(CSc3nnc(-c4cccs4)o3)cs2)cc1. The van der Waals surface area contributed by atoms with Gasteiger partial charge in [0, 0.05) is 16.7 Å². The molecule has 0 N–H and O–H groups in total. The number of ether oxygens (including phenoxy) is 1. The summed E-state index contributed by atoms with van der Waals surface area (Å²) in [5.41, 5.74) is 2.42. The minimum Gasteiger partial charge on any atom is -0.465 e. The van der Waals surface area contributed by atoms with E-state index in [-0.39, 0.29) is 5.97 Å². The fourth-order valence-electron chi connectivity index (χ4n) is 2.28. The number of carbonyl (C=O) groups excluding carboxylic acids is 1. The highest BCUT2D eigenvalue weighted by molar-refractivity contribution is 7.98. The van der Waals surface area contributed by atoms with Crippen LogP contribution in [0, 0.1) is 0 Å². The lowest BCUT2D eigenvalue weighted by Crippen LogP contribution is -2.00. The average molecular weight is 416 g/mol. The molecule has 0 bridgehead atoms. The van der Waals surface area contributed by atoms with Gasteiger partial charge in [-0.15, -0.1) is 32.9 Å². The average Bonchev–Trinajstić information content (AvgIpc) is 3.47. The highest BCUT2D eigenvalue weighted by atomic mass is 32.2. The molecule has 0 aliphatic heterocycles. The highest BCUT2D eigenvalue weighted by Gasteiger charge is 2.12. The van der Waals surface area contributed by atoms with Gasteiger partial charge in [0.25, 0.3) is 11.1 Å². The van der Waals surface area contributed by atoms with Crippen molar-refractivity contribution in [1.29, 1.82) is 0 Å². The van der Waals surface area contributed by atoms with Crippen LogP contribution in [-0.4, -0.2) is 28.3 Å². The van der Waals surface area contributed by atoms with Gasteiger partial charge >= 0.3 is 5.97 Å². The quantitative estimate of drug-likeness (QED) is 0.324. The first-order valence-electron chi connectivity index (χ1n) is 7.86. The van der Waals surface area contributed by atoms with Gasteiger partial charge in [0.05, 0.1) is 23.2 Å². The number of thioether (sulfide) groups is 1. The van der Waals surface area contributed by atoms with Gasteiger partial charge in [-0.25, -0.2) is 9.78 Å². The number of aromatic nitrogens is 3. The molecule has 0 aliphatic carbocycles. The van der Waals surface area contributed by atoms with Crippen molar-refractivity contribution in [2.75, 3.05) is 7.11 Å². The molecule has 3 aromatic heterocycles. The first-order chi connectivity index (χ1) is 13.2. The third-order valence-electron chi connectivity index (χ3n) is 3.59. The van der Waals surface area contributed by atoms with E-state index in [1.165, 1.54) is 18.9 Å². The predicted octanol–water partition coefficient (Wildman–Crippen LogP) is 5.00. The zero-order valence-corrected chi connectivity index (χ0v) is 16.6. The highest BCUT2D eigenvalue weighted by Crippen LogP contribution is 2.30. The molecule has 27 heavy (non-hydrogen) atoms. The maximum atomic E-state index is 11.5. The first-order valence-corrected chi connectivity index (χ1v) is 10.6. The van der Waals surface area contributed by atoms with E-state index in [2.05, 4.69) is 15.2 Å². The van der Waals surface area contributed by atoms with Crippen molar-refractivity contribution in [2.24, 2.45) is 0 Å². The number of benzene rings is 1. The normalized spacial score (nSPS) is 10.9. The summed E-state index contributed by atoms with van der Waals surface area (Å²) in [5.74, 6) is 0.833. The van der Waals surface area contributed by atoms with E-state index in [1.54, 1.807) is 34.8 Å². The van der Waals surface area contributed by atoms with E-state index in [0.29, 0.717) is 22.4 Å². The smallest absolute Gasteiger partial charge is 0.337 e. The molecule has 0 amide bonds. The molecule has 0 unspecified atom stereocenters. The third-order valence-corrected chi connectivity index (χ3v) is 6.24.